The molecule has 0 spiro atoms. The zero-order valence-electron chi connectivity index (χ0n) is 18.6. The van der Waals surface area contributed by atoms with Gasteiger partial charge in [-0.15, -0.1) is 11.3 Å². The summed E-state index contributed by atoms with van der Waals surface area (Å²) in [6.07, 6.45) is 3.98. The lowest BCUT2D eigenvalue weighted by molar-refractivity contribution is 0.0177. The van der Waals surface area contributed by atoms with Crippen molar-refractivity contribution in [2.24, 2.45) is 4.99 Å². The number of nitrogens with one attached hydrogen (secondary N) is 2. The lowest BCUT2D eigenvalue weighted by Gasteiger charge is -2.34. The molecule has 7 heteroatoms. The number of para-hydroxylation sites is 1. The Balaban J connectivity index is 1.36. The van der Waals surface area contributed by atoms with Crippen LogP contribution in [0.4, 0.5) is 0 Å². The minimum atomic E-state index is 0.315. The lowest BCUT2D eigenvalue weighted by Crippen LogP contribution is -2.46. The second-order valence-corrected chi connectivity index (χ2v) is 9.52. The average molecular weight is 443 g/mol. The third-order valence-corrected chi connectivity index (χ3v) is 7.13. The largest absolute Gasteiger partial charge is 0.490 e. The van der Waals surface area contributed by atoms with Crippen molar-refractivity contribution in [2.75, 3.05) is 39.9 Å². The van der Waals surface area contributed by atoms with Crippen LogP contribution in [0.25, 0.3) is 0 Å². The maximum Gasteiger partial charge on any atom is 0.191 e. The van der Waals surface area contributed by atoms with Gasteiger partial charge in [0.1, 0.15) is 5.75 Å². The summed E-state index contributed by atoms with van der Waals surface area (Å²) in [4.78, 5) is 9.70. The second-order valence-electron chi connectivity index (χ2n) is 8.20. The molecule has 1 aromatic carbocycles. The van der Waals surface area contributed by atoms with E-state index in [0.29, 0.717) is 18.7 Å². The van der Waals surface area contributed by atoms with Crippen molar-refractivity contribution in [1.82, 2.24) is 15.5 Å². The molecule has 2 heterocycles. The Labute approximate surface area is 189 Å². The van der Waals surface area contributed by atoms with Gasteiger partial charge in [0.2, 0.25) is 0 Å². The first-order valence-electron chi connectivity index (χ1n) is 11.3. The number of guanidine groups is 1. The van der Waals surface area contributed by atoms with Crippen LogP contribution in [0.2, 0.25) is 0 Å². The molecule has 1 saturated carbocycles. The van der Waals surface area contributed by atoms with Crippen LogP contribution in [0.15, 0.2) is 41.4 Å². The molecule has 2 aliphatic rings. The minimum Gasteiger partial charge on any atom is -0.490 e. The molecule has 1 atom stereocenters. The molecule has 2 N–H and O–H groups in total. The van der Waals surface area contributed by atoms with Crippen molar-refractivity contribution >= 4 is 17.3 Å². The fraction of sp³-hybridized carbons (Fsp3) is 0.542. The van der Waals surface area contributed by atoms with Gasteiger partial charge in [-0.3, -0.25) is 9.89 Å². The van der Waals surface area contributed by atoms with Gasteiger partial charge in [-0.25, -0.2) is 0 Å². The fourth-order valence-corrected chi connectivity index (χ4v) is 4.97. The van der Waals surface area contributed by atoms with Crippen LogP contribution in [0, 0.1) is 6.92 Å². The van der Waals surface area contributed by atoms with Crippen LogP contribution in [0.3, 0.4) is 0 Å². The standard InChI is InChI=1S/C24H34N4O2S/c1-18-10-11-23(31-18)21(28-12-14-29-15-13-28)17-27-24(25-2)26-16-19-6-3-4-9-22(19)30-20-7-5-8-20/h3-4,6,9-11,20-21H,5,7-8,12-17H2,1-2H3,(H2,25,26,27). The number of nitrogens with zero attached hydrogens (tertiary/aromatic N) is 2. The molecule has 4 rings (SSSR count). The molecule has 0 bridgehead atoms. The van der Waals surface area contributed by atoms with Gasteiger partial charge >= 0.3 is 0 Å². The molecule has 1 unspecified atom stereocenters. The van der Waals surface area contributed by atoms with Gasteiger partial charge in [0, 0.05) is 48.5 Å². The highest BCUT2D eigenvalue weighted by Crippen LogP contribution is 2.29. The van der Waals surface area contributed by atoms with Crippen molar-refractivity contribution < 1.29 is 9.47 Å². The summed E-state index contributed by atoms with van der Waals surface area (Å²) in [7, 11) is 1.82. The fourth-order valence-electron chi connectivity index (χ4n) is 3.96. The predicted octanol–water partition coefficient (Wildman–Crippen LogP) is 3.73. The number of aryl methyl sites for hydroxylation is 1. The molecule has 6 nitrogen and oxygen atoms in total. The van der Waals surface area contributed by atoms with Crippen LogP contribution in [0.5, 0.6) is 5.75 Å². The highest BCUT2D eigenvalue weighted by atomic mass is 32.1. The normalized spacial score (nSPS) is 19.0. The highest BCUT2D eigenvalue weighted by molar-refractivity contribution is 7.12. The quantitative estimate of drug-likeness (QED) is 0.482. The topological polar surface area (TPSA) is 58.1 Å². The van der Waals surface area contributed by atoms with Gasteiger partial charge in [-0.1, -0.05) is 18.2 Å². The van der Waals surface area contributed by atoms with Gasteiger partial charge in [0.15, 0.2) is 5.96 Å². The Bertz CT molecular complexity index is 859. The third-order valence-electron chi connectivity index (χ3n) is 6.03. The van der Waals surface area contributed by atoms with Gasteiger partial charge < -0.3 is 20.1 Å². The number of benzene rings is 1. The minimum absolute atomic E-state index is 0.315. The van der Waals surface area contributed by atoms with Crippen LogP contribution in [-0.2, 0) is 11.3 Å². The van der Waals surface area contributed by atoms with Gasteiger partial charge in [0.25, 0.3) is 0 Å². The number of rotatable bonds is 8. The van der Waals surface area contributed by atoms with E-state index >= 15 is 0 Å². The van der Waals surface area contributed by atoms with E-state index in [4.69, 9.17) is 9.47 Å². The monoisotopic (exact) mass is 442 g/mol. The first-order valence-corrected chi connectivity index (χ1v) is 12.1. The molecule has 1 aliphatic carbocycles. The van der Waals surface area contributed by atoms with E-state index < -0.39 is 0 Å². The number of hydrogen-bond acceptors (Lipinski definition) is 5. The van der Waals surface area contributed by atoms with Gasteiger partial charge in [-0.05, 0) is 44.4 Å². The van der Waals surface area contributed by atoms with E-state index in [1.807, 2.05) is 24.5 Å². The second kappa shape index (κ2) is 11.0. The van der Waals surface area contributed by atoms with Crippen molar-refractivity contribution in [3.05, 3.63) is 51.7 Å². The molecule has 0 amide bonds. The van der Waals surface area contributed by atoms with Crippen LogP contribution >= 0.6 is 11.3 Å². The SMILES string of the molecule is CN=C(NCc1ccccc1OC1CCC1)NCC(c1ccc(C)s1)N1CCOCC1. The van der Waals surface area contributed by atoms with Crippen LogP contribution in [-0.4, -0.2) is 56.9 Å². The summed E-state index contributed by atoms with van der Waals surface area (Å²) in [5.74, 6) is 1.79. The molecule has 1 aromatic heterocycles. The molecule has 168 valence electrons. The number of morpholine rings is 1. The molecule has 1 saturated heterocycles. The van der Waals surface area contributed by atoms with E-state index in [1.54, 1.807) is 0 Å². The predicted molar refractivity (Wildman–Crippen MR) is 127 cm³/mol. The Morgan fingerprint density at radius 3 is 2.68 bits per heavy atom. The summed E-state index contributed by atoms with van der Waals surface area (Å²) in [6.45, 7) is 7.17. The number of thiophene rings is 1. The van der Waals surface area contributed by atoms with Crippen molar-refractivity contribution in [3.63, 3.8) is 0 Å². The van der Waals surface area contributed by atoms with Crippen LogP contribution < -0.4 is 15.4 Å². The van der Waals surface area contributed by atoms with Crippen LogP contribution in [0.1, 0.15) is 40.6 Å². The van der Waals surface area contributed by atoms with E-state index in [1.165, 1.54) is 16.2 Å². The average Bonchev–Trinajstić information content (AvgIpc) is 3.20. The van der Waals surface area contributed by atoms with Crippen molar-refractivity contribution in [2.45, 2.75) is 44.9 Å². The summed E-state index contributed by atoms with van der Waals surface area (Å²) in [6, 6.07) is 13.1. The van der Waals surface area contributed by atoms with Gasteiger partial charge in [-0.2, -0.15) is 0 Å². The Kier molecular flexibility index (Phi) is 7.83. The Morgan fingerprint density at radius 2 is 2.00 bits per heavy atom. The molecule has 2 aromatic rings. The van der Waals surface area contributed by atoms with Gasteiger partial charge in [0.05, 0.1) is 25.4 Å². The summed E-state index contributed by atoms with van der Waals surface area (Å²) < 4.78 is 11.7. The van der Waals surface area contributed by atoms with Crippen molar-refractivity contribution in [1.29, 1.82) is 0 Å². The zero-order valence-corrected chi connectivity index (χ0v) is 19.4. The number of ether oxygens (including phenoxy) is 2. The molecular formula is C24H34N4O2S. The van der Waals surface area contributed by atoms with E-state index in [2.05, 4.69) is 57.8 Å². The van der Waals surface area contributed by atoms with E-state index in [9.17, 15) is 0 Å². The molecule has 0 radical (unpaired) electrons. The maximum atomic E-state index is 6.17. The first kappa shape index (κ1) is 22.1. The highest BCUT2D eigenvalue weighted by Gasteiger charge is 2.24. The molecule has 31 heavy (non-hydrogen) atoms. The zero-order chi connectivity index (χ0) is 21.5. The Hall–Kier alpha value is -2.09. The Morgan fingerprint density at radius 1 is 1.19 bits per heavy atom. The van der Waals surface area contributed by atoms with E-state index in [0.717, 1.165) is 63.0 Å². The lowest BCUT2D eigenvalue weighted by atomic mass is 9.96. The number of hydrogen-bond donors (Lipinski definition) is 2. The van der Waals surface area contributed by atoms with Crippen molar-refractivity contribution in [3.8, 4) is 5.75 Å². The molecule has 1 aliphatic heterocycles. The summed E-state index contributed by atoms with van der Waals surface area (Å²) in [5.41, 5.74) is 1.16. The summed E-state index contributed by atoms with van der Waals surface area (Å²) >= 11 is 1.87. The molecular weight excluding hydrogens is 408 g/mol. The smallest absolute Gasteiger partial charge is 0.191 e. The van der Waals surface area contributed by atoms with E-state index in [-0.39, 0.29) is 0 Å². The molecule has 2 fully saturated rings. The maximum absolute atomic E-state index is 6.17. The number of aliphatic imine (C=N–C) groups is 1. The third kappa shape index (κ3) is 5.99. The first-order chi connectivity index (χ1) is 15.2. The summed E-state index contributed by atoms with van der Waals surface area (Å²) in [5, 5.41) is 7.02.